The summed E-state index contributed by atoms with van der Waals surface area (Å²) in [5.74, 6) is 2.11. The lowest BCUT2D eigenvalue weighted by molar-refractivity contribution is 0.492. The molecule has 0 unspecified atom stereocenters. The minimum absolute atomic E-state index is 0.924. The molecule has 0 bridgehead atoms. The molecule has 2 heteroatoms. The van der Waals surface area contributed by atoms with Crippen LogP contribution in [0.1, 0.15) is 26.8 Å². The minimum atomic E-state index is 0.924. The molecular weight excluding hydrogens is 192 g/mol. The van der Waals surface area contributed by atoms with Gasteiger partial charge in [0.15, 0.2) is 0 Å². The molecule has 2 rings (SSSR count). The van der Waals surface area contributed by atoms with Gasteiger partial charge in [-0.2, -0.15) is 0 Å². The van der Waals surface area contributed by atoms with E-state index in [0.717, 1.165) is 17.9 Å². The van der Waals surface area contributed by atoms with Gasteiger partial charge in [-0.3, -0.25) is 0 Å². The Bertz CT molecular complexity index is 417. The molecule has 2 aromatic heterocycles. The van der Waals surface area contributed by atoms with Gasteiger partial charge in [0.25, 0.3) is 0 Å². The number of hydrogen-bond donors (Lipinski definition) is 0. The smallest absolute Gasteiger partial charge is 0.109 e. The summed E-state index contributed by atoms with van der Waals surface area (Å²) >= 11 is 1.84. The van der Waals surface area contributed by atoms with E-state index in [1.807, 2.05) is 18.3 Å². The summed E-state index contributed by atoms with van der Waals surface area (Å²) < 4.78 is 5.63. The Kier molecular flexibility index (Phi) is 2.46. The van der Waals surface area contributed by atoms with E-state index < -0.39 is 0 Å². The fourth-order valence-electron chi connectivity index (χ4n) is 1.49. The molecule has 74 valence electrons. The van der Waals surface area contributed by atoms with Crippen molar-refractivity contribution in [3.8, 4) is 0 Å². The van der Waals surface area contributed by atoms with Crippen LogP contribution in [0.5, 0.6) is 0 Å². The second-order valence-corrected chi connectivity index (χ2v) is 5.01. The van der Waals surface area contributed by atoms with E-state index in [2.05, 4.69) is 32.0 Å². The molecule has 14 heavy (non-hydrogen) atoms. The van der Waals surface area contributed by atoms with Crippen molar-refractivity contribution in [2.75, 3.05) is 0 Å². The van der Waals surface area contributed by atoms with Crippen molar-refractivity contribution in [3.05, 3.63) is 45.0 Å². The third kappa shape index (κ3) is 1.90. The summed E-state index contributed by atoms with van der Waals surface area (Å²) in [6.07, 6.45) is 0.924. The van der Waals surface area contributed by atoms with Gasteiger partial charge in [0.2, 0.25) is 0 Å². The van der Waals surface area contributed by atoms with Crippen LogP contribution in [0.4, 0.5) is 0 Å². The fraction of sp³-hybridized carbons (Fsp3) is 0.333. The van der Waals surface area contributed by atoms with Gasteiger partial charge in [-0.15, -0.1) is 11.3 Å². The molecule has 0 aliphatic carbocycles. The van der Waals surface area contributed by atoms with Crippen molar-refractivity contribution in [2.45, 2.75) is 27.2 Å². The van der Waals surface area contributed by atoms with Crippen molar-refractivity contribution in [1.82, 2.24) is 0 Å². The number of furan rings is 1. The van der Waals surface area contributed by atoms with Crippen LogP contribution in [-0.4, -0.2) is 0 Å². The first-order valence-corrected chi connectivity index (χ1v) is 5.58. The average Bonchev–Trinajstić information content (AvgIpc) is 2.62. The summed E-state index contributed by atoms with van der Waals surface area (Å²) in [6, 6.07) is 6.46. The third-order valence-electron chi connectivity index (χ3n) is 2.36. The molecule has 0 aromatic carbocycles. The third-order valence-corrected chi connectivity index (χ3v) is 3.36. The molecule has 2 aromatic rings. The van der Waals surface area contributed by atoms with E-state index in [4.69, 9.17) is 4.42 Å². The highest BCUT2D eigenvalue weighted by atomic mass is 32.1. The Morgan fingerprint density at radius 2 is 2.00 bits per heavy atom. The normalized spacial score (nSPS) is 10.8. The maximum atomic E-state index is 5.63. The van der Waals surface area contributed by atoms with Crippen LogP contribution in [0.15, 0.2) is 22.6 Å². The first kappa shape index (κ1) is 9.53. The molecule has 0 radical (unpaired) electrons. The van der Waals surface area contributed by atoms with E-state index in [-0.39, 0.29) is 0 Å². The standard InChI is InChI=1S/C12H14OS/c1-8-6-11(13-10(8)3)7-12-5-4-9(2)14-12/h4-6H,7H2,1-3H3. The largest absolute Gasteiger partial charge is 0.466 e. The molecule has 0 spiro atoms. The van der Waals surface area contributed by atoms with Gasteiger partial charge in [0.05, 0.1) is 0 Å². The molecule has 0 aliphatic heterocycles. The van der Waals surface area contributed by atoms with Crippen molar-refractivity contribution in [1.29, 1.82) is 0 Å². The van der Waals surface area contributed by atoms with Gasteiger partial charge in [-0.05, 0) is 44.5 Å². The Morgan fingerprint density at radius 3 is 2.50 bits per heavy atom. The Labute approximate surface area is 88.4 Å². The molecule has 0 aliphatic rings. The van der Waals surface area contributed by atoms with Crippen molar-refractivity contribution < 1.29 is 4.42 Å². The van der Waals surface area contributed by atoms with E-state index in [9.17, 15) is 0 Å². The molecule has 0 amide bonds. The van der Waals surface area contributed by atoms with Crippen LogP contribution >= 0.6 is 11.3 Å². The highest BCUT2D eigenvalue weighted by molar-refractivity contribution is 7.11. The zero-order valence-corrected chi connectivity index (χ0v) is 9.57. The highest BCUT2D eigenvalue weighted by Crippen LogP contribution is 2.21. The van der Waals surface area contributed by atoms with E-state index >= 15 is 0 Å². The first-order valence-electron chi connectivity index (χ1n) is 4.76. The summed E-state index contributed by atoms with van der Waals surface area (Å²) in [7, 11) is 0. The Hall–Kier alpha value is -1.02. The molecule has 0 fully saturated rings. The zero-order chi connectivity index (χ0) is 10.1. The highest BCUT2D eigenvalue weighted by Gasteiger charge is 2.05. The summed E-state index contributed by atoms with van der Waals surface area (Å²) in [5, 5.41) is 0. The minimum Gasteiger partial charge on any atom is -0.466 e. The predicted molar refractivity (Wildman–Crippen MR) is 60.0 cm³/mol. The predicted octanol–water partition coefficient (Wildman–Crippen LogP) is 3.86. The molecular formula is C12H14OS. The second-order valence-electron chi connectivity index (χ2n) is 3.64. The number of hydrogen-bond acceptors (Lipinski definition) is 2. The SMILES string of the molecule is Cc1ccc(Cc2cc(C)c(C)o2)s1. The van der Waals surface area contributed by atoms with Crippen molar-refractivity contribution in [3.63, 3.8) is 0 Å². The molecule has 0 saturated heterocycles. The zero-order valence-electron chi connectivity index (χ0n) is 8.76. The van der Waals surface area contributed by atoms with Gasteiger partial charge in [-0.1, -0.05) is 0 Å². The molecule has 0 N–H and O–H groups in total. The molecule has 0 saturated carbocycles. The lowest BCUT2D eigenvalue weighted by atomic mass is 10.2. The van der Waals surface area contributed by atoms with E-state index in [0.29, 0.717) is 0 Å². The Morgan fingerprint density at radius 1 is 1.21 bits per heavy atom. The number of thiophene rings is 1. The van der Waals surface area contributed by atoms with E-state index in [1.165, 1.54) is 15.3 Å². The van der Waals surface area contributed by atoms with Gasteiger partial charge in [0.1, 0.15) is 11.5 Å². The molecule has 0 atom stereocenters. The fourth-order valence-corrected chi connectivity index (χ4v) is 2.39. The van der Waals surface area contributed by atoms with Gasteiger partial charge in [0, 0.05) is 16.2 Å². The van der Waals surface area contributed by atoms with Crippen LogP contribution in [0, 0.1) is 20.8 Å². The van der Waals surface area contributed by atoms with Crippen molar-refractivity contribution >= 4 is 11.3 Å². The number of aryl methyl sites for hydroxylation is 3. The van der Waals surface area contributed by atoms with Gasteiger partial charge in [-0.25, -0.2) is 0 Å². The van der Waals surface area contributed by atoms with Crippen LogP contribution < -0.4 is 0 Å². The molecule has 1 nitrogen and oxygen atoms in total. The topological polar surface area (TPSA) is 13.1 Å². The van der Waals surface area contributed by atoms with Gasteiger partial charge < -0.3 is 4.42 Å². The summed E-state index contributed by atoms with van der Waals surface area (Å²) in [5.41, 5.74) is 1.24. The Balaban J connectivity index is 2.18. The van der Waals surface area contributed by atoms with Crippen LogP contribution in [-0.2, 0) is 6.42 Å². The summed E-state index contributed by atoms with van der Waals surface area (Å²) in [4.78, 5) is 2.73. The van der Waals surface area contributed by atoms with Crippen molar-refractivity contribution in [2.24, 2.45) is 0 Å². The number of rotatable bonds is 2. The van der Waals surface area contributed by atoms with Crippen LogP contribution in [0.3, 0.4) is 0 Å². The maximum Gasteiger partial charge on any atom is 0.109 e. The van der Waals surface area contributed by atoms with E-state index in [1.54, 1.807) is 0 Å². The van der Waals surface area contributed by atoms with Gasteiger partial charge >= 0.3 is 0 Å². The first-order chi connectivity index (χ1) is 6.65. The maximum absolute atomic E-state index is 5.63. The average molecular weight is 206 g/mol. The molecule has 2 heterocycles. The quantitative estimate of drug-likeness (QED) is 0.727. The van der Waals surface area contributed by atoms with Crippen LogP contribution in [0.25, 0.3) is 0 Å². The second kappa shape index (κ2) is 3.62. The van der Waals surface area contributed by atoms with Crippen LogP contribution in [0.2, 0.25) is 0 Å². The lowest BCUT2D eigenvalue weighted by Crippen LogP contribution is -1.78. The lowest BCUT2D eigenvalue weighted by Gasteiger charge is -1.91. The summed E-state index contributed by atoms with van der Waals surface area (Å²) in [6.45, 7) is 6.23. The monoisotopic (exact) mass is 206 g/mol.